The summed E-state index contributed by atoms with van der Waals surface area (Å²) in [6.07, 6.45) is 5.17. The zero-order chi connectivity index (χ0) is 20.1. The van der Waals surface area contributed by atoms with Crippen LogP contribution in [0.5, 0.6) is 0 Å². The molecule has 0 saturated carbocycles. The molecule has 0 aliphatic rings. The van der Waals surface area contributed by atoms with Crippen molar-refractivity contribution in [1.82, 2.24) is 14.9 Å². The lowest BCUT2D eigenvalue weighted by Gasteiger charge is -2.11. The lowest BCUT2D eigenvalue weighted by atomic mass is 10.1. The molecule has 3 aromatic rings. The van der Waals surface area contributed by atoms with Gasteiger partial charge in [-0.25, -0.2) is 14.4 Å². The van der Waals surface area contributed by atoms with E-state index in [1.165, 1.54) is 6.07 Å². The quantitative estimate of drug-likeness (QED) is 0.313. The highest BCUT2D eigenvalue weighted by Gasteiger charge is 2.08. The van der Waals surface area contributed by atoms with Crippen molar-refractivity contribution in [1.29, 1.82) is 5.26 Å². The van der Waals surface area contributed by atoms with Crippen molar-refractivity contribution < 1.29 is 4.39 Å². The van der Waals surface area contributed by atoms with Gasteiger partial charge < -0.3 is 9.88 Å². The number of anilines is 1. The zero-order valence-electron chi connectivity index (χ0n) is 16.0. The molecule has 1 aromatic heterocycles. The molecule has 3 rings (SSSR count). The van der Waals surface area contributed by atoms with Crippen LogP contribution in [0.1, 0.15) is 22.4 Å². The van der Waals surface area contributed by atoms with Gasteiger partial charge in [-0.15, -0.1) is 0 Å². The summed E-state index contributed by atoms with van der Waals surface area (Å²) in [5.41, 5.74) is 5.02. The smallest absolute Gasteiger partial charge is 0.209 e. The van der Waals surface area contributed by atoms with Gasteiger partial charge in [0.25, 0.3) is 0 Å². The Balaban J connectivity index is 1.79. The molecule has 0 amide bonds. The van der Waals surface area contributed by atoms with E-state index in [2.05, 4.69) is 26.7 Å². The van der Waals surface area contributed by atoms with E-state index in [1.54, 1.807) is 29.2 Å². The van der Waals surface area contributed by atoms with E-state index in [4.69, 9.17) is 5.26 Å². The Morgan fingerprint density at radius 1 is 1.21 bits per heavy atom. The number of aromatic nitrogens is 2. The van der Waals surface area contributed by atoms with Crippen molar-refractivity contribution in [3.63, 3.8) is 0 Å². The second-order valence-corrected chi connectivity index (χ2v) is 6.55. The van der Waals surface area contributed by atoms with E-state index < -0.39 is 5.82 Å². The number of aliphatic imine (C=N–C) groups is 1. The molecule has 2 N–H and O–H groups in total. The predicted molar refractivity (Wildman–Crippen MR) is 108 cm³/mol. The topological polar surface area (TPSA) is 78.0 Å². The van der Waals surface area contributed by atoms with Gasteiger partial charge >= 0.3 is 0 Å². The fraction of sp³-hybridized carbons (Fsp3) is 0.190. The van der Waals surface area contributed by atoms with E-state index in [1.807, 2.05) is 39.1 Å². The highest BCUT2D eigenvalue weighted by molar-refractivity contribution is 5.94. The summed E-state index contributed by atoms with van der Waals surface area (Å²) in [7, 11) is 0. The Morgan fingerprint density at radius 2 is 2.04 bits per heavy atom. The number of nitrogens with one attached hydrogen (secondary N) is 2. The van der Waals surface area contributed by atoms with Crippen LogP contribution < -0.4 is 10.6 Å². The van der Waals surface area contributed by atoms with Gasteiger partial charge in [0.05, 0.1) is 24.3 Å². The maximum Gasteiger partial charge on any atom is 0.209 e. The average molecular weight is 376 g/mol. The number of halogens is 1. The first-order valence-electron chi connectivity index (χ1n) is 8.79. The number of aryl methyl sites for hydroxylation is 3. The third-order valence-corrected chi connectivity index (χ3v) is 4.29. The molecule has 0 unspecified atom stereocenters. The average Bonchev–Trinajstić information content (AvgIpc) is 3.08. The van der Waals surface area contributed by atoms with Gasteiger partial charge in [-0.2, -0.15) is 5.26 Å². The molecule has 0 bridgehead atoms. The third-order valence-electron chi connectivity index (χ3n) is 4.29. The molecule has 0 radical (unpaired) electrons. The summed E-state index contributed by atoms with van der Waals surface area (Å²) < 4.78 is 16.1. The Bertz CT molecular complexity index is 1060. The van der Waals surface area contributed by atoms with Crippen molar-refractivity contribution in [2.24, 2.45) is 4.99 Å². The maximum absolute atomic E-state index is 14.5. The highest BCUT2D eigenvalue weighted by Crippen LogP contribution is 2.19. The van der Waals surface area contributed by atoms with Crippen LogP contribution in [0, 0.1) is 38.0 Å². The number of hydrogen-bond donors (Lipinski definition) is 2. The van der Waals surface area contributed by atoms with Gasteiger partial charge in [-0.05, 0) is 50.1 Å². The van der Waals surface area contributed by atoms with Gasteiger partial charge in [-0.1, -0.05) is 23.8 Å². The minimum absolute atomic E-state index is 0.258. The summed E-state index contributed by atoms with van der Waals surface area (Å²) in [5.74, 6) is -0.151. The van der Waals surface area contributed by atoms with Crippen molar-refractivity contribution >= 4 is 11.6 Å². The molecule has 0 aliphatic carbocycles. The summed E-state index contributed by atoms with van der Waals surface area (Å²) in [5, 5.41) is 14.5. The van der Waals surface area contributed by atoms with Crippen LogP contribution in [0.2, 0.25) is 0 Å². The van der Waals surface area contributed by atoms with Crippen molar-refractivity contribution in [2.75, 3.05) is 5.32 Å². The first-order valence-corrected chi connectivity index (χ1v) is 8.79. The number of benzene rings is 2. The summed E-state index contributed by atoms with van der Waals surface area (Å²) in [6.45, 7) is 6.28. The molecule has 0 atom stereocenters. The minimum Gasteiger partial charge on any atom is -0.325 e. The summed E-state index contributed by atoms with van der Waals surface area (Å²) >= 11 is 0. The summed E-state index contributed by atoms with van der Waals surface area (Å²) in [4.78, 5) is 8.54. The standard InChI is InChI=1S/C21H21FN6/c1-14-4-5-15(2)17(8-14)10-24-21(25-12-23)27-18-6-7-20(19(22)9-18)28-11-16(3)26-13-28/h4-9,11,13H,10H2,1-3H3,(H2,24,25,27). The largest absolute Gasteiger partial charge is 0.325 e. The lowest BCUT2D eigenvalue weighted by molar-refractivity contribution is 0.618. The number of rotatable bonds is 4. The zero-order valence-corrected chi connectivity index (χ0v) is 16.0. The van der Waals surface area contributed by atoms with Crippen LogP contribution in [0.3, 0.4) is 0 Å². The van der Waals surface area contributed by atoms with E-state index >= 15 is 0 Å². The molecule has 6 nitrogen and oxygen atoms in total. The van der Waals surface area contributed by atoms with E-state index in [-0.39, 0.29) is 5.96 Å². The molecule has 0 spiro atoms. The van der Waals surface area contributed by atoms with E-state index in [9.17, 15) is 4.39 Å². The molecule has 28 heavy (non-hydrogen) atoms. The Kier molecular flexibility index (Phi) is 5.70. The lowest BCUT2D eigenvalue weighted by Crippen LogP contribution is -2.27. The first kappa shape index (κ1) is 19.1. The second kappa shape index (κ2) is 8.35. The van der Waals surface area contributed by atoms with Gasteiger partial charge in [0.15, 0.2) is 6.19 Å². The first-order chi connectivity index (χ1) is 13.5. The van der Waals surface area contributed by atoms with Crippen LogP contribution in [0.4, 0.5) is 10.1 Å². The molecule has 142 valence electrons. The van der Waals surface area contributed by atoms with Gasteiger partial charge in [0, 0.05) is 11.9 Å². The van der Waals surface area contributed by atoms with Crippen LogP contribution >= 0.6 is 0 Å². The molecule has 0 fully saturated rings. The van der Waals surface area contributed by atoms with Crippen LogP contribution in [-0.2, 0) is 6.54 Å². The highest BCUT2D eigenvalue weighted by atomic mass is 19.1. The van der Waals surface area contributed by atoms with Crippen LogP contribution in [-0.4, -0.2) is 15.5 Å². The van der Waals surface area contributed by atoms with Gasteiger partial charge in [0.1, 0.15) is 5.82 Å². The van der Waals surface area contributed by atoms with Gasteiger partial charge in [0.2, 0.25) is 5.96 Å². The minimum atomic E-state index is -0.409. The number of guanidine groups is 1. The summed E-state index contributed by atoms with van der Waals surface area (Å²) in [6, 6.07) is 10.9. The molecule has 2 aromatic carbocycles. The number of hydrogen-bond acceptors (Lipinski definition) is 3. The Labute approximate surface area is 163 Å². The third kappa shape index (κ3) is 4.54. The molecular formula is C21H21FN6. The van der Waals surface area contributed by atoms with Crippen LogP contribution in [0.15, 0.2) is 53.9 Å². The molecular weight excluding hydrogens is 355 g/mol. The molecule has 7 heteroatoms. The Morgan fingerprint density at radius 3 is 2.71 bits per heavy atom. The Hall–Kier alpha value is -3.66. The SMILES string of the molecule is Cc1ccc(C)c(CN=C(NC#N)Nc2ccc(-n3cnc(C)c3)c(F)c2)c1. The molecule has 0 saturated heterocycles. The number of nitriles is 1. The number of imidazole rings is 1. The maximum atomic E-state index is 14.5. The van der Waals surface area contributed by atoms with E-state index in [0.717, 1.165) is 22.4 Å². The number of nitrogens with zero attached hydrogens (tertiary/aromatic N) is 4. The van der Waals surface area contributed by atoms with Crippen molar-refractivity contribution in [3.05, 3.63) is 77.1 Å². The fourth-order valence-electron chi connectivity index (χ4n) is 2.78. The second-order valence-electron chi connectivity index (χ2n) is 6.55. The van der Waals surface area contributed by atoms with Crippen LogP contribution in [0.25, 0.3) is 5.69 Å². The van der Waals surface area contributed by atoms with Crippen molar-refractivity contribution in [3.8, 4) is 11.9 Å². The monoisotopic (exact) mass is 376 g/mol. The normalized spacial score (nSPS) is 11.2. The van der Waals surface area contributed by atoms with Crippen molar-refractivity contribution in [2.45, 2.75) is 27.3 Å². The van der Waals surface area contributed by atoms with E-state index in [0.29, 0.717) is 17.9 Å². The molecule has 0 aliphatic heterocycles. The van der Waals surface area contributed by atoms with Gasteiger partial charge in [-0.3, -0.25) is 5.32 Å². The fourth-order valence-corrected chi connectivity index (χ4v) is 2.78. The molecule has 1 heterocycles. The predicted octanol–water partition coefficient (Wildman–Crippen LogP) is 3.98.